The number of hydrogen-bond acceptors (Lipinski definition) is 10. The number of allylic oxidation sites excluding steroid dienone is 1. The fraction of sp³-hybridized carbons (Fsp3) is 0.292. The van der Waals surface area contributed by atoms with Crippen LogP contribution in [0.25, 0.3) is 0 Å². The molecule has 7 atom stereocenters. The van der Waals surface area contributed by atoms with E-state index in [1.54, 1.807) is 0 Å². The maximum Gasteiger partial charge on any atom is 0.330 e. The van der Waals surface area contributed by atoms with Crippen molar-refractivity contribution in [2.24, 2.45) is 29.6 Å². The molecule has 4 bridgehead atoms. The minimum Gasteiger partial charge on any atom is -0.298 e. The van der Waals surface area contributed by atoms with Crippen LogP contribution in [0.4, 0.5) is 43.9 Å². The third-order valence-corrected chi connectivity index (χ3v) is 10.7. The van der Waals surface area contributed by atoms with E-state index in [2.05, 4.69) is 8.47 Å². The molecule has 2 heterocycles. The Morgan fingerprint density at radius 2 is 1.00 bits per heavy atom. The van der Waals surface area contributed by atoms with Crippen LogP contribution in [0.2, 0.25) is 0 Å². The molecule has 256 valence electrons. The molecule has 1 saturated carbocycles. The first kappa shape index (κ1) is 33.6. The normalized spacial score (nSPS) is 28.1. The highest BCUT2D eigenvalue weighted by Gasteiger charge is 2.75. The molecular weight excluding hydrogens is 730 g/mol. The Morgan fingerprint density at radius 3 is 1.48 bits per heavy atom. The number of nitroso groups, excluding NO2 is 1. The number of amides is 2. The largest absolute Gasteiger partial charge is 0.330 e. The van der Waals surface area contributed by atoms with Gasteiger partial charge in [0.15, 0.2) is 62.1 Å². The molecule has 24 heteroatoms. The van der Waals surface area contributed by atoms with Crippen molar-refractivity contribution in [3.8, 4) is 0 Å². The van der Waals surface area contributed by atoms with E-state index < -0.39 is 153 Å². The van der Waals surface area contributed by atoms with Crippen LogP contribution >= 0.6 is 0 Å². The number of hydrogen-bond donors (Lipinski definition) is 0. The minimum atomic E-state index is -6.27. The Balaban J connectivity index is 1.37. The van der Waals surface area contributed by atoms with Crippen LogP contribution < -0.4 is 0 Å². The Morgan fingerprint density at radius 1 is 0.583 bits per heavy atom. The van der Waals surface area contributed by atoms with Gasteiger partial charge in [-0.2, -0.15) is 21.0 Å². The van der Waals surface area contributed by atoms with Gasteiger partial charge in [0.05, 0.1) is 17.8 Å². The van der Waals surface area contributed by atoms with E-state index in [9.17, 15) is 80.0 Å². The SMILES string of the molecule is O=C1C2C=CC3C(C4C(=O)N(OS(=O)(=O)c5c(F)c(F)c(F)c(F)c5F)C(=O)C24)C1C(OS(=O)(=O)c1c(F)c(F)c(F)c(F)c1F)[N+]3=O. The molecule has 3 aliphatic carbocycles. The van der Waals surface area contributed by atoms with Gasteiger partial charge in [-0.25, -0.2) is 43.9 Å². The lowest BCUT2D eigenvalue weighted by atomic mass is 9.63. The van der Waals surface area contributed by atoms with Crippen molar-refractivity contribution in [1.29, 1.82) is 0 Å². The topological polar surface area (TPSA) is 161 Å². The van der Waals surface area contributed by atoms with Gasteiger partial charge in [-0.1, -0.05) is 6.08 Å². The lowest BCUT2D eigenvalue weighted by Crippen LogP contribution is -2.49. The minimum absolute atomic E-state index is 0.362. The van der Waals surface area contributed by atoms with Gasteiger partial charge in [-0.15, -0.1) is 9.35 Å². The van der Waals surface area contributed by atoms with Crippen molar-refractivity contribution in [3.63, 3.8) is 0 Å². The van der Waals surface area contributed by atoms with Gasteiger partial charge < -0.3 is 0 Å². The van der Waals surface area contributed by atoms with E-state index in [4.69, 9.17) is 0 Å². The Labute approximate surface area is 258 Å². The Hall–Kier alpha value is -4.29. The average Bonchev–Trinajstić information content (AvgIpc) is 3.25. The summed E-state index contributed by atoms with van der Waals surface area (Å²) in [4.78, 5) is 48.1. The number of rotatable bonds is 6. The zero-order chi connectivity index (χ0) is 35.7. The van der Waals surface area contributed by atoms with Crippen molar-refractivity contribution in [2.45, 2.75) is 22.1 Å². The molecule has 48 heavy (non-hydrogen) atoms. The van der Waals surface area contributed by atoms with Gasteiger partial charge >= 0.3 is 26.5 Å². The van der Waals surface area contributed by atoms with Gasteiger partial charge in [0.1, 0.15) is 5.92 Å². The zero-order valence-electron chi connectivity index (χ0n) is 22.3. The molecule has 12 nitrogen and oxygen atoms in total. The fourth-order valence-electron chi connectivity index (χ4n) is 6.29. The van der Waals surface area contributed by atoms with E-state index in [0.29, 0.717) is 0 Å². The van der Waals surface area contributed by atoms with Crippen LogP contribution in [-0.4, -0.2) is 56.5 Å². The molecule has 0 radical (unpaired) electrons. The lowest BCUT2D eigenvalue weighted by molar-refractivity contribution is -0.624. The van der Waals surface area contributed by atoms with Crippen LogP contribution in [0.5, 0.6) is 0 Å². The maximum absolute atomic E-state index is 14.3. The maximum atomic E-state index is 14.3. The summed E-state index contributed by atoms with van der Waals surface area (Å²) in [5, 5.41) is -0.684. The second kappa shape index (κ2) is 10.6. The highest BCUT2D eigenvalue weighted by Crippen LogP contribution is 2.55. The summed E-state index contributed by atoms with van der Waals surface area (Å²) in [7, 11) is -12.4. The molecule has 7 unspecified atom stereocenters. The van der Waals surface area contributed by atoms with Crippen molar-refractivity contribution in [3.05, 3.63) is 75.2 Å². The molecule has 2 saturated heterocycles. The van der Waals surface area contributed by atoms with E-state index >= 15 is 0 Å². The first-order valence-electron chi connectivity index (χ1n) is 12.6. The number of halogens is 10. The standard InChI is InChI=1S/C24H9F10N2O10S2/c25-9-11(27)15(31)20(16(32)12(9)28)47(41,42)45-24-8-6-4(35(24)40)2-1-3(19(8)37)5-7(6)23(39)36(22(5)38)46-48(43,44)21-17(33)13(29)10(26)14(30)18(21)34/h1-8,24H/q+1. The predicted molar refractivity (Wildman–Crippen MR) is 124 cm³/mol. The van der Waals surface area contributed by atoms with Crippen molar-refractivity contribution >= 4 is 37.8 Å². The van der Waals surface area contributed by atoms with E-state index in [1.807, 2.05) is 0 Å². The molecule has 0 aromatic heterocycles. The Kier molecular flexibility index (Phi) is 7.42. The van der Waals surface area contributed by atoms with Gasteiger partial charge in [0.2, 0.25) is 17.7 Å². The third-order valence-electron chi connectivity index (χ3n) is 8.23. The van der Waals surface area contributed by atoms with Gasteiger partial charge in [-0.05, 0) is 6.08 Å². The number of carbonyl (C=O) groups excluding carboxylic acids is 3. The molecule has 5 aliphatic rings. The summed E-state index contributed by atoms with van der Waals surface area (Å²) in [5.41, 5.74) is 0. The third kappa shape index (κ3) is 4.31. The molecule has 2 amide bonds. The van der Waals surface area contributed by atoms with Gasteiger partial charge in [0, 0.05) is 15.6 Å². The van der Waals surface area contributed by atoms with Crippen LogP contribution in [0.1, 0.15) is 0 Å². The van der Waals surface area contributed by atoms with E-state index in [-0.39, 0.29) is 4.76 Å². The van der Waals surface area contributed by atoms with Crippen molar-refractivity contribution in [2.75, 3.05) is 0 Å². The lowest BCUT2D eigenvalue weighted by Gasteiger charge is -2.33. The monoisotopic (exact) mass is 739 g/mol. The Bertz CT molecular complexity index is 2120. The number of Topliss-reactive ketones (excluding diaryl/α,β-unsaturated/α-hetero) is 1. The summed E-state index contributed by atoms with van der Waals surface area (Å²) in [6.45, 7) is 0. The van der Waals surface area contributed by atoms with E-state index in [1.165, 1.54) is 0 Å². The highest BCUT2D eigenvalue weighted by molar-refractivity contribution is 7.87. The molecule has 7 rings (SSSR count). The highest BCUT2D eigenvalue weighted by atomic mass is 32.2. The van der Waals surface area contributed by atoms with Crippen LogP contribution in [0.15, 0.2) is 21.9 Å². The molecule has 2 aliphatic heterocycles. The smallest absolute Gasteiger partial charge is 0.298 e. The van der Waals surface area contributed by atoms with Gasteiger partial charge in [-0.3, -0.25) is 14.4 Å². The zero-order valence-corrected chi connectivity index (χ0v) is 23.9. The molecule has 2 aromatic carbocycles. The summed E-state index contributed by atoms with van der Waals surface area (Å²) in [6, 6.07) is -1.85. The average molecular weight is 739 g/mol. The molecule has 0 spiro atoms. The number of benzene rings is 2. The summed E-state index contributed by atoms with van der Waals surface area (Å²) >= 11 is 0. The quantitative estimate of drug-likeness (QED) is 0.0818. The first-order valence-corrected chi connectivity index (χ1v) is 15.4. The molecule has 0 N–H and O–H groups in total. The fourth-order valence-corrected chi connectivity index (χ4v) is 8.51. The number of carbonyl (C=O) groups is 3. The summed E-state index contributed by atoms with van der Waals surface area (Å²) in [5.74, 6) is -43.0. The van der Waals surface area contributed by atoms with Crippen LogP contribution in [-0.2, 0) is 43.1 Å². The summed E-state index contributed by atoms with van der Waals surface area (Å²) < 4.78 is 198. The van der Waals surface area contributed by atoms with Gasteiger partial charge in [0.25, 0.3) is 11.8 Å². The number of ketones is 1. The molecule has 3 fully saturated rings. The van der Waals surface area contributed by atoms with Crippen LogP contribution in [0, 0.1) is 92.7 Å². The van der Waals surface area contributed by atoms with Crippen molar-refractivity contribution in [1.82, 2.24) is 5.06 Å². The van der Waals surface area contributed by atoms with Crippen molar-refractivity contribution < 1.29 is 88.4 Å². The number of hydroxylamine groups is 2. The van der Waals surface area contributed by atoms with E-state index in [0.717, 1.165) is 12.2 Å². The second-order valence-electron chi connectivity index (χ2n) is 10.6. The van der Waals surface area contributed by atoms with Crippen LogP contribution in [0.3, 0.4) is 0 Å². The number of nitrogens with zero attached hydrogens (tertiary/aromatic N) is 2. The number of imide groups is 1. The second-order valence-corrected chi connectivity index (χ2v) is 13.5. The molecule has 2 aromatic rings. The predicted octanol–water partition coefficient (Wildman–Crippen LogP) is 2.19. The first-order chi connectivity index (χ1) is 22.2. The summed E-state index contributed by atoms with van der Waals surface area (Å²) in [6.07, 6.45) is -0.960. The molecular formula is C24H9F10N2O10S2+.